The highest BCUT2D eigenvalue weighted by molar-refractivity contribution is 6.17. The number of fused-ring (bicyclic) bond motifs is 1. The van der Waals surface area contributed by atoms with Crippen LogP contribution in [0.25, 0.3) is 22.6 Å². The summed E-state index contributed by atoms with van der Waals surface area (Å²) in [6.45, 7) is 0. The van der Waals surface area contributed by atoms with Crippen LogP contribution >= 0.6 is 11.6 Å². The molecule has 0 aliphatic heterocycles. The normalized spacial score (nSPS) is 10.8. The molecule has 19 heavy (non-hydrogen) atoms. The van der Waals surface area contributed by atoms with E-state index in [0.717, 1.165) is 28.0 Å². The maximum Gasteiger partial charge on any atom is 0.227 e. The first-order valence-corrected chi connectivity index (χ1v) is 6.43. The standard InChI is InChI=1S/C15H12ClNO2/c1-18-12-6-7-14-13(8-12)17-15(19-14)11-4-2-10(9-16)3-5-11/h2-8H,9H2,1H3. The van der Waals surface area contributed by atoms with Crippen LogP contribution in [0, 0.1) is 0 Å². The van der Waals surface area contributed by atoms with E-state index in [1.807, 2.05) is 42.5 Å². The molecule has 0 spiro atoms. The molecule has 0 aliphatic carbocycles. The first kappa shape index (κ1) is 12.1. The molecule has 0 amide bonds. The number of hydrogen-bond donors (Lipinski definition) is 0. The van der Waals surface area contributed by atoms with Crippen molar-refractivity contribution in [3.05, 3.63) is 48.0 Å². The number of nitrogens with zero attached hydrogens (tertiary/aromatic N) is 1. The number of ether oxygens (including phenoxy) is 1. The summed E-state index contributed by atoms with van der Waals surface area (Å²) in [6, 6.07) is 13.4. The summed E-state index contributed by atoms with van der Waals surface area (Å²) < 4.78 is 10.9. The minimum absolute atomic E-state index is 0.505. The van der Waals surface area contributed by atoms with E-state index in [0.29, 0.717) is 11.8 Å². The van der Waals surface area contributed by atoms with Gasteiger partial charge in [0.15, 0.2) is 5.58 Å². The number of methoxy groups -OCH3 is 1. The second kappa shape index (κ2) is 4.94. The zero-order valence-electron chi connectivity index (χ0n) is 10.4. The Bertz CT molecular complexity index is 704. The van der Waals surface area contributed by atoms with E-state index >= 15 is 0 Å². The lowest BCUT2D eigenvalue weighted by molar-refractivity contribution is 0.415. The molecule has 0 bridgehead atoms. The number of halogens is 1. The smallest absolute Gasteiger partial charge is 0.227 e. The second-order valence-corrected chi connectivity index (χ2v) is 4.45. The highest BCUT2D eigenvalue weighted by Gasteiger charge is 2.08. The fourth-order valence-electron chi connectivity index (χ4n) is 1.89. The molecule has 96 valence electrons. The van der Waals surface area contributed by atoms with E-state index in [1.165, 1.54) is 0 Å². The quantitative estimate of drug-likeness (QED) is 0.670. The molecule has 0 unspecified atom stereocenters. The van der Waals surface area contributed by atoms with Crippen LogP contribution in [0.2, 0.25) is 0 Å². The second-order valence-electron chi connectivity index (χ2n) is 4.18. The molecule has 1 heterocycles. The Balaban J connectivity index is 2.04. The van der Waals surface area contributed by atoms with Gasteiger partial charge in [0.05, 0.1) is 7.11 Å². The maximum atomic E-state index is 5.77. The van der Waals surface area contributed by atoms with Gasteiger partial charge in [-0.2, -0.15) is 0 Å². The molecule has 2 aromatic carbocycles. The average Bonchev–Trinajstić information content (AvgIpc) is 2.90. The number of benzene rings is 2. The third-order valence-corrected chi connectivity index (χ3v) is 3.26. The molecule has 0 N–H and O–H groups in total. The van der Waals surface area contributed by atoms with Gasteiger partial charge >= 0.3 is 0 Å². The minimum atomic E-state index is 0.505. The van der Waals surface area contributed by atoms with E-state index < -0.39 is 0 Å². The summed E-state index contributed by atoms with van der Waals surface area (Å²) >= 11 is 5.77. The van der Waals surface area contributed by atoms with E-state index in [9.17, 15) is 0 Å². The number of aromatic nitrogens is 1. The number of alkyl halides is 1. The SMILES string of the molecule is COc1ccc2oc(-c3ccc(CCl)cc3)nc2c1. The van der Waals surface area contributed by atoms with Crippen molar-refractivity contribution in [2.24, 2.45) is 0 Å². The Labute approximate surface area is 115 Å². The Morgan fingerprint density at radius 2 is 1.95 bits per heavy atom. The molecule has 3 rings (SSSR count). The third kappa shape index (κ3) is 2.29. The summed E-state index contributed by atoms with van der Waals surface area (Å²) in [4.78, 5) is 4.47. The van der Waals surface area contributed by atoms with Gasteiger partial charge in [0, 0.05) is 17.5 Å². The highest BCUT2D eigenvalue weighted by Crippen LogP contribution is 2.27. The summed E-state index contributed by atoms with van der Waals surface area (Å²) in [5, 5.41) is 0. The maximum absolute atomic E-state index is 5.77. The average molecular weight is 274 g/mol. The van der Waals surface area contributed by atoms with Crippen LogP contribution in [0.5, 0.6) is 5.75 Å². The predicted octanol–water partition coefficient (Wildman–Crippen LogP) is 4.24. The van der Waals surface area contributed by atoms with Crippen LogP contribution in [0.4, 0.5) is 0 Å². The summed E-state index contributed by atoms with van der Waals surface area (Å²) in [6.07, 6.45) is 0. The number of rotatable bonds is 3. The molecule has 0 fully saturated rings. The van der Waals surface area contributed by atoms with Gasteiger partial charge in [0.1, 0.15) is 11.3 Å². The monoisotopic (exact) mass is 273 g/mol. The van der Waals surface area contributed by atoms with Crippen molar-refractivity contribution >= 4 is 22.7 Å². The van der Waals surface area contributed by atoms with Crippen molar-refractivity contribution in [2.45, 2.75) is 5.88 Å². The molecule has 0 aliphatic rings. The molecule has 4 heteroatoms. The largest absolute Gasteiger partial charge is 0.497 e. The van der Waals surface area contributed by atoms with E-state index in [-0.39, 0.29) is 0 Å². The fourth-order valence-corrected chi connectivity index (χ4v) is 2.07. The van der Waals surface area contributed by atoms with Gasteiger partial charge in [-0.05, 0) is 29.8 Å². The van der Waals surface area contributed by atoms with Crippen LogP contribution in [-0.2, 0) is 5.88 Å². The van der Waals surface area contributed by atoms with E-state index in [4.69, 9.17) is 20.8 Å². The predicted molar refractivity (Wildman–Crippen MR) is 75.6 cm³/mol. The Morgan fingerprint density at radius 3 is 2.63 bits per heavy atom. The molecule has 0 saturated carbocycles. The van der Waals surface area contributed by atoms with Crippen LogP contribution in [0.3, 0.4) is 0 Å². The molecule has 3 aromatic rings. The van der Waals surface area contributed by atoms with Gasteiger partial charge in [0.25, 0.3) is 0 Å². The first-order chi connectivity index (χ1) is 9.30. The molecule has 1 aromatic heterocycles. The van der Waals surface area contributed by atoms with Gasteiger partial charge < -0.3 is 9.15 Å². The Morgan fingerprint density at radius 1 is 1.16 bits per heavy atom. The lowest BCUT2D eigenvalue weighted by Gasteiger charge is -1.97. The van der Waals surface area contributed by atoms with Gasteiger partial charge in [0.2, 0.25) is 5.89 Å². The van der Waals surface area contributed by atoms with Gasteiger partial charge in [-0.25, -0.2) is 4.98 Å². The molecule has 0 atom stereocenters. The van der Waals surface area contributed by atoms with Gasteiger partial charge in [-0.1, -0.05) is 12.1 Å². The topological polar surface area (TPSA) is 35.3 Å². The molecule has 3 nitrogen and oxygen atoms in total. The van der Waals surface area contributed by atoms with Crippen molar-refractivity contribution in [2.75, 3.05) is 7.11 Å². The summed E-state index contributed by atoms with van der Waals surface area (Å²) in [7, 11) is 1.63. The minimum Gasteiger partial charge on any atom is -0.497 e. The van der Waals surface area contributed by atoms with Crippen LogP contribution < -0.4 is 4.74 Å². The first-order valence-electron chi connectivity index (χ1n) is 5.90. The zero-order chi connectivity index (χ0) is 13.2. The number of hydrogen-bond acceptors (Lipinski definition) is 3. The Kier molecular flexibility index (Phi) is 3.13. The summed E-state index contributed by atoms with van der Waals surface area (Å²) in [5.74, 6) is 1.87. The number of oxazole rings is 1. The highest BCUT2D eigenvalue weighted by atomic mass is 35.5. The molecular weight excluding hydrogens is 262 g/mol. The van der Waals surface area contributed by atoms with Crippen molar-refractivity contribution in [1.29, 1.82) is 0 Å². The molecule has 0 saturated heterocycles. The summed E-state index contributed by atoms with van der Waals surface area (Å²) in [5.41, 5.74) is 3.54. The van der Waals surface area contributed by atoms with Gasteiger partial charge in [-0.15, -0.1) is 11.6 Å². The zero-order valence-corrected chi connectivity index (χ0v) is 11.1. The van der Waals surface area contributed by atoms with Crippen LogP contribution in [0.15, 0.2) is 46.9 Å². The lowest BCUT2D eigenvalue weighted by Crippen LogP contribution is -1.81. The van der Waals surface area contributed by atoms with Crippen LogP contribution in [-0.4, -0.2) is 12.1 Å². The van der Waals surface area contributed by atoms with E-state index in [2.05, 4.69) is 4.98 Å². The molecule has 0 radical (unpaired) electrons. The lowest BCUT2D eigenvalue weighted by atomic mass is 10.1. The third-order valence-electron chi connectivity index (χ3n) is 2.95. The van der Waals surface area contributed by atoms with Crippen molar-refractivity contribution in [3.63, 3.8) is 0 Å². The Hall–Kier alpha value is -2.00. The van der Waals surface area contributed by atoms with Crippen molar-refractivity contribution < 1.29 is 9.15 Å². The molecular formula is C15H12ClNO2. The van der Waals surface area contributed by atoms with Crippen molar-refractivity contribution in [3.8, 4) is 17.2 Å². The fraction of sp³-hybridized carbons (Fsp3) is 0.133. The van der Waals surface area contributed by atoms with Crippen molar-refractivity contribution in [1.82, 2.24) is 4.98 Å². The van der Waals surface area contributed by atoms with Gasteiger partial charge in [-0.3, -0.25) is 0 Å². The van der Waals surface area contributed by atoms with E-state index in [1.54, 1.807) is 7.11 Å². The van der Waals surface area contributed by atoms with Crippen LogP contribution in [0.1, 0.15) is 5.56 Å².